The molecule has 16 heavy (non-hydrogen) atoms. The van der Waals surface area contributed by atoms with Crippen LogP contribution in [0.25, 0.3) is 0 Å². The van der Waals surface area contributed by atoms with E-state index in [-0.39, 0.29) is 0 Å². The van der Waals surface area contributed by atoms with Crippen molar-refractivity contribution in [2.75, 3.05) is 24.3 Å². The van der Waals surface area contributed by atoms with Gasteiger partial charge in [0.05, 0.1) is 19.0 Å². The molecule has 1 aromatic rings. The quantitative estimate of drug-likeness (QED) is 0.563. The summed E-state index contributed by atoms with van der Waals surface area (Å²) >= 11 is 5.59. The lowest BCUT2D eigenvalue weighted by Gasteiger charge is -2.07. The molecule has 0 aliphatic rings. The molecule has 1 N–H and O–H groups in total. The van der Waals surface area contributed by atoms with E-state index in [9.17, 15) is 0 Å². The zero-order chi connectivity index (χ0) is 11.6. The van der Waals surface area contributed by atoms with Gasteiger partial charge in [-0.3, -0.25) is 4.98 Å². The van der Waals surface area contributed by atoms with Gasteiger partial charge >= 0.3 is 0 Å². The molecule has 0 aliphatic carbocycles. The minimum Gasteiger partial charge on any atom is -0.477 e. The molecule has 0 bridgehead atoms. The summed E-state index contributed by atoms with van der Waals surface area (Å²) in [7, 11) is 0. The molecule has 4 nitrogen and oxygen atoms in total. The van der Waals surface area contributed by atoms with E-state index in [0.717, 1.165) is 31.6 Å². The fraction of sp³-hybridized carbons (Fsp3) is 0.636. The van der Waals surface area contributed by atoms with Crippen molar-refractivity contribution in [2.45, 2.75) is 26.2 Å². The second kappa shape index (κ2) is 8.16. The number of unbranched alkanes of at least 4 members (excludes halogenated alkanes) is 1. The van der Waals surface area contributed by atoms with Crippen LogP contribution in [0.1, 0.15) is 26.2 Å². The van der Waals surface area contributed by atoms with Crippen molar-refractivity contribution in [3.8, 4) is 5.88 Å². The molecule has 0 unspecified atom stereocenters. The van der Waals surface area contributed by atoms with Crippen LogP contribution in [0.2, 0.25) is 0 Å². The van der Waals surface area contributed by atoms with Gasteiger partial charge in [0.25, 0.3) is 0 Å². The first-order chi connectivity index (χ1) is 7.86. The van der Waals surface area contributed by atoms with E-state index < -0.39 is 0 Å². The number of rotatable bonds is 8. The highest BCUT2D eigenvalue weighted by molar-refractivity contribution is 6.17. The van der Waals surface area contributed by atoms with Gasteiger partial charge in [-0.05, 0) is 19.3 Å². The minimum atomic E-state index is 0.573. The number of ether oxygens (including phenoxy) is 1. The molecule has 0 spiro atoms. The Morgan fingerprint density at radius 2 is 2.25 bits per heavy atom. The van der Waals surface area contributed by atoms with Crippen LogP contribution in [0.4, 0.5) is 5.82 Å². The number of aromatic nitrogens is 2. The van der Waals surface area contributed by atoms with Gasteiger partial charge in [0, 0.05) is 12.4 Å². The summed E-state index contributed by atoms with van der Waals surface area (Å²) in [6, 6.07) is 0. The number of nitrogens with zero attached hydrogens (tertiary/aromatic N) is 2. The van der Waals surface area contributed by atoms with E-state index in [1.807, 2.05) is 0 Å². The Bertz CT molecular complexity index is 296. The van der Waals surface area contributed by atoms with Gasteiger partial charge in [0.1, 0.15) is 5.82 Å². The third-order valence-electron chi connectivity index (χ3n) is 1.93. The molecule has 5 heteroatoms. The number of nitrogens with one attached hydrogen (secondary N) is 1. The van der Waals surface area contributed by atoms with Crippen LogP contribution in [0.15, 0.2) is 12.4 Å². The molecular weight excluding hydrogens is 226 g/mol. The largest absolute Gasteiger partial charge is 0.477 e. The number of anilines is 1. The summed E-state index contributed by atoms with van der Waals surface area (Å²) in [5.74, 6) is 2.03. The van der Waals surface area contributed by atoms with Gasteiger partial charge in [0.15, 0.2) is 0 Å². The van der Waals surface area contributed by atoms with Crippen LogP contribution >= 0.6 is 11.6 Å². The summed E-state index contributed by atoms with van der Waals surface area (Å²) < 4.78 is 5.39. The third-order valence-corrected chi connectivity index (χ3v) is 2.20. The fourth-order valence-electron chi connectivity index (χ4n) is 1.15. The number of halogens is 1. The Kier molecular flexibility index (Phi) is 6.65. The van der Waals surface area contributed by atoms with E-state index >= 15 is 0 Å². The maximum Gasteiger partial charge on any atom is 0.234 e. The fourth-order valence-corrected chi connectivity index (χ4v) is 1.33. The van der Waals surface area contributed by atoms with Gasteiger partial charge in [0.2, 0.25) is 5.88 Å². The first-order valence-electron chi connectivity index (χ1n) is 5.61. The molecule has 0 saturated carbocycles. The predicted octanol–water partition coefficient (Wildman–Crippen LogP) is 2.70. The molecule has 1 aromatic heterocycles. The number of hydrogen-bond donors (Lipinski definition) is 1. The summed E-state index contributed by atoms with van der Waals surface area (Å²) in [4.78, 5) is 8.34. The summed E-state index contributed by atoms with van der Waals surface area (Å²) in [6.45, 7) is 3.59. The number of hydrogen-bond acceptors (Lipinski definition) is 4. The van der Waals surface area contributed by atoms with Crippen LogP contribution in [0, 0.1) is 0 Å². The van der Waals surface area contributed by atoms with Crippen molar-refractivity contribution in [3.63, 3.8) is 0 Å². The maximum atomic E-state index is 5.59. The van der Waals surface area contributed by atoms with Gasteiger partial charge in [-0.15, -0.1) is 11.6 Å². The summed E-state index contributed by atoms with van der Waals surface area (Å²) in [5, 5.41) is 3.18. The van der Waals surface area contributed by atoms with Crippen LogP contribution in [0.5, 0.6) is 5.88 Å². The molecule has 90 valence electrons. The Labute approximate surface area is 101 Å². The lowest BCUT2D eigenvalue weighted by atomic mass is 10.3. The van der Waals surface area contributed by atoms with Crippen molar-refractivity contribution < 1.29 is 4.74 Å². The summed E-state index contributed by atoms with van der Waals surface area (Å²) in [5.41, 5.74) is 0. The molecule has 0 atom stereocenters. The Morgan fingerprint density at radius 3 is 3.00 bits per heavy atom. The van der Waals surface area contributed by atoms with Crippen molar-refractivity contribution in [1.29, 1.82) is 0 Å². The average molecular weight is 244 g/mol. The zero-order valence-corrected chi connectivity index (χ0v) is 10.3. The highest BCUT2D eigenvalue weighted by Crippen LogP contribution is 2.09. The highest BCUT2D eigenvalue weighted by Gasteiger charge is 1.98. The molecule has 1 rings (SSSR count). The predicted molar refractivity (Wildman–Crippen MR) is 66.3 cm³/mol. The van der Waals surface area contributed by atoms with Crippen LogP contribution in [0.3, 0.4) is 0 Å². The van der Waals surface area contributed by atoms with E-state index in [4.69, 9.17) is 16.3 Å². The maximum absolute atomic E-state index is 5.59. The van der Waals surface area contributed by atoms with E-state index in [1.54, 1.807) is 12.4 Å². The Morgan fingerprint density at radius 1 is 1.38 bits per heavy atom. The molecule has 0 amide bonds. The van der Waals surface area contributed by atoms with Crippen LogP contribution in [-0.4, -0.2) is 29.0 Å². The van der Waals surface area contributed by atoms with Gasteiger partial charge in [-0.1, -0.05) is 6.92 Å². The van der Waals surface area contributed by atoms with E-state index in [2.05, 4.69) is 22.2 Å². The lowest BCUT2D eigenvalue weighted by molar-refractivity contribution is 0.304. The monoisotopic (exact) mass is 243 g/mol. The van der Waals surface area contributed by atoms with Gasteiger partial charge in [-0.2, -0.15) is 4.98 Å². The number of alkyl halides is 1. The molecule has 0 aromatic carbocycles. The highest BCUT2D eigenvalue weighted by atomic mass is 35.5. The normalized spacial score (nSPS) is 10.1. The molecule has 0 radical (unpaired) electrons. The first-order valence-corrected chi connectivity index (χ1v) is 6.15. The second-order valence-electron chi connectivity index (χ2n) is 3.41. The van der Waals surface area contributed by atoms with Crippen molar-refractivity contribution >= 4 is 17.4 Å². The van der Waals surface area contributed by atoms with Crippen molar-refractivity contribution in [2.24, 2.45) is 0 Å². The van der Waals surface area contributed by atoms with E-state index in [0.29, 0.717) is 18.4 Å². The van der Waals surface area contributed by atoms with Crippen molar-refractivity contribution in [3.05, 3.63) is 12.4 Å². The lowest BCUT2D eigenvalue weighted by Crippen LogP contribution is -2.05. The second-order valence-corrected chi connectivity index (χ2v) is 3.79. The van der Waals surface area contributed by atoms with E-state index in [1.165, 1.54) is 0 Å². The van der Waals surface area contributed by atoms with Crippen LogP contribution in [-0.2, 0) is 0 Å². The minimum absolute atomic E-state index is 0.573. The van der Waals surface area contributed by atoms with Gasteiger partial charge in [-0.25, -0.2) is 0 Å². The molecular formula is C11H18ClN3O. The average Bonchev–Trinajstić information content (AvgIpc) is 2.33. The SMILES string of the molecule is CCCOc1cncc(NCCCCCl)n1. The molecule has 0 saturated heterocycles. The Balaban J connectivity index is 2.35. The smallest absolute Gasteiger partial charge is 0.234 e. The Hall–Kier alpha value is -1.03. The summed E-state index contributed by atoms with van der Waals surface area (Å²) in [6.07, 6.45) is 6.33. The topological polar surface area (TPSA) is 47.0 Å². The third kappa shape index (κ3) is 5.16. The molecule has 1 heterocycles. The van der Waals surface area contributed by atoms with Crippen LogP contribution < -0.4 is 10.1 Å². The zero-order valence-electron chi connectivity index (χ0n) is 9.58. The first kappa shape index (κ1) is 13.0. The standard InChI is InChI=1S/C11H18ClN3O/c1-2-7-16-11-9-13-8-10(15-11)14-6-4-3-5-12/h8-9H,2-7H2,1H3,(H,14,15). The molecule has 0 fully saturated rings. The van der Waals surface area contributed by atoms with Gasteiger partial charge < -0.3 is 10.1 Å². The molecule has 0 aliphatic heterocycles. The van der Waals surface area contributed by atoms with Crippen molar-refractivity contribution in [1.82, 2.24) is 9.97 Å².